The summed E-state index contributed by atoms with van der Waals surface area (Å²) in [4.78, 5) is 24.3. The van der Waals surface area contributed by atoms with Crippen LogP contribution in [-0.4, -0.2) is 31.9 Å². The van der Waals surface area contributed by atoms with Crippen LogP contribution in [0.4, 0.5) is 0 Å². The normalized spacial score (nSPS) is 12.0. The van der Waals surface area contributed by atoms with Gasteiger partial charge in [-0.25, -0.2) is 9.59 Å². The molecule has 0 bridgehead atoms. The smallest absolute Gasteiger partial charge is 0.347 e. The molecule has 1 heterocycles. The summed E-state index contributed by atoms with van der Waals surface area (Å²) in [6.45, 7) is 6.36. The van der Waals surface area contributed by atoms with E-state index in [1.807, 2.05) is 43.3 Å². The fourth-order valence-electron chi connectivity index (χ4n) is 3.03. The van der Waals surface area contributed by atoms with Crippen molar-refractivity contribution >= 4 is 16.9 Å². The molecule has 1 aromatic heterocycles. The Morgan fingerprint density at radius 1 is 1.10 bits per heavy atom. The van der Waals surface area contributed by atoms with Crippen molar-refractivity contribution in [3.63, 3.8) is 0 Å². The summed E-state index contributed by atoms with van der Waals surface area (Å²) in [6.07, 6.45) is -0.809. The predicted octanol–water partition coefficient (Wildman–Crippen LogP) is 4.12. The molecule has 0 aliphatic carbocycles. The molecule has 2 aromatic carbocycles. The number of hydrogen-bond donors (Lipinski definition) is 0. The van der Waals surface area contributed by atoms with Crippen molar-refractivity contribution in [1.82, 2.24) is 0 Å². The quantitative estimate of drug-likeness (QED) is 0.324. The van der Waals surface area contributed by atoms with Gasteiger partial charge in [-0.3, -0.25) is 0 Å². The fourth-order valence-corrected chi connectivity index (χ4v) is 3.03. The number of fused-ring (bicyclic) bond motifs is 1. The molecule has 1 atom stereocenters. The van der Waals surface area contributed by atoms with Gasteiger partial charge in [0.1, 0.15) is 17.9 Å². The van der Waals surface area contributed by atoms with Crippen molar-refractivity contribution in [2.45, 2.75) is 26.9 Å². The molecule has 0 N–H and O–H groups in total. The Hall–Kier alpha value is -3.12. The average molecular weight is 396 g/mol. The molecule has 0 unspecified atom stereocenters. The SMILES string of the molecule is CCOCCOC(=O)[C@@H](C)Oc1ccc2c(-c3ccccc3)cc(=O)oc2c1C. The second kappa shape index (κ2) is 9.39. The lowest BCUT2D eigenvalue weighted by molar-refractivity contribution is -0.152. The molecule has 29 heavy (non-hydrogen) atoms. The minimum absolute atomic E-state index is 0.173. The van der Waals surface area contributed by atoms with Gasteiger partial charge in [-0.1, -0.05) is 30.3 Å². The number of hydrogen-bond acceptors (Lipinski definition) is 6. The van der Waals surface area contributed by atoms with Crippen LogP contribution in [0.2, 0.25) is 0 Å². The lowest BCUT2D eigenvalue weighted by Gasteiger charge is -2.17. The summed E-state index contributed by atoms with van der Waals surface area (Å²) in [6, 6.07) is 14.7. The Morgan fingerprint density at radius 3 is 2.59 bits per heavy atom. The Labute approximate surface area is 169 Å². The van der Waals surface area contributed by atoms with Crippen molar-refractivity contribution in [3.8, 4) is 16.9 Å². The summed E-state index contributed by atoms with van der Waals surface area (Å²) >= 11 is 0. The van der Waals surface area contributed by atoms with Crippen LogP contribution in [0, 0.1) is 6.92 Å². The van der Waals surface area contributed by atoms with Gasteiger partial charge in [0.05, 0.1) is 6.61 Å². The minimum atomic E-state index is -0.809. The van der Waals surface area contributed by atoms with E-state index in [0.717, 1.165) is 16.5 Å². The fraction of sp³-hybridized carbons (Fsp3) is 0.304. The van der Waals surface area contributed by atoms with Gasteiger partial charge < -0.3 is 18.6 Å². The molecular formula is C23H24O6. The highest BCUT2D eigenvalue weighted by molar-refractivity contribution is 5.95. The zero-order valence-corrected chi connectivity index (χ0v) is 16.8. The van der Waals surface area contributed by atoms with Crippen molar-refractivity contribution in [3.05, 3.63) is 64.5 Å². The first kappa shape index (κ1) is 20.6. The predicted molar refractivity (Wildman–Crippen MR) is 110 cm³/mol. The highest BCUT2D eigenvalue weighted by Crippen LogP contribution is 2.33. The highest BCUT2D eigenvalue weighted by atomic mass is 16.6. The third kappa shape index (κ3) is 4.84. The first-order valence-corrected chi connectivity index (χ1v) is 9.55. The number of carbonyl (C=O) groups is 1. The third-order valence-electron chi connectivity index (χ3n) is 4.51. The van der Waals surface area contributed by atoms with E-state index in [-0.39, 0.29) is 6.61 Å². The Bertz CT molecular complexity index is 1040. The molecule has 0 amide bonds. The second-order valence-electron chi connectivity index (χ2n) is 6.54. The zero-order valence-electron chi connectivity index (χ0n) is 16.8. The summed E-state index contributed by atoms with van der Waals surface area (Å²) in [5.41, 5.74) is 2.34. The van der Waals surface area contributed by atoms with Gasteiger partial charge in [-0.05, 0) is 44.0 Å². The van der Waals surface area contributed by atoms with Crippen molar-refractivity contribution in [2.75, 3.05) is 19.8 Å². The van der Waals surface area contributed by atoms with Crippen LogP contribution in [0.3, 0.4) is 0 Å². The van der Waals surface area contributed by atoms with Crippen LogP contribution in [0.15, 0.2) is 57.7 Å². The lowest BCUT2D eigenvalue weighted by Crippen LogP contribution is -2.27. The Kier molecular flexibility index (Phi) is 6.67. The van der Waals surface area contributed by atoms with E-state index in [4.69, 9.17) is 18.6 Å². The van der Waals surface area contributed by atoms with E-state index in [1.54, 1.807) is 19.9 Å². The van der Waals surface area contributed by atoms with Gasteiger partial charge in [0, 0.05) is 23.6 Å². The van der Waals surface area contributed by atoms with Crippen molar-refractivity contribution < 1.29 is 23.4 Å². The highest BCUT2D eigenvalue weighted by Gasteiger charge is 2.19. The molecular weight excluding hydrogens is 372 g/mol. The lowest BCUT2D eigenvalue weighted by atomic mass is 10.00. The molecule has 6 heteroatoms. The maximum absolute atomic E-state index is 12.1. The topological polar surface area (TPSA) is 75.0 Å². The number of rotatable bonds is 8. The molecule has 6 nitrogen and oxygen atoms in total. The van der Waals surface area contributed by atoms with Crippen LogP contribution in [-0.2, 0) is 14.3 Å². The van der Waals surface area contributed by atoms with E-state index in [1.165, 1.54) is 6.07 Å². The summed E-state index contributed by atoms with van der Waals surface area (Å²) < 4.78 is 21.5. The molecule has 3 aromatic rings. The van der Waals surface area contributed by atoms with E-state index in [0.29, 0.717) is 30.1 Å². The van der Waals surface area contributed by atoms with Crippen LogP contribution >= 0.6 is 0 Å². The average Bonchev–Trinajstić information content (AvgIpc) is 2.73. The van der Waals surface area contributed by atoms with Gasteiger partial charge in [0.15, 0.2) is 6.10 Å². The number of esters is 1. The van der Waals surface area contributed by atoms with Crippen molar-refractivity contribution in [1.29, 1.82) is 0 Å². The van der Waals surface area contributed by atoms with Gasteiger partial charge in [0.2, 0.25) is 0 Å². The monoisotopic (exact) mass is 396 g/mol. The van der Waals surface area contributed by atoms with Crippen LogP contribution < -0.4 is 10.4 Å². The molecule has 0 saturated heterocycles. The Balaban J connectivity index is 1.87. The molecule has 0 spiro atoms. The van der Waals surface area contributed by atoms with E-state index in [9.17, 15) is 9.59 Å². The summed E-state index contributed by atoms with van der Waals surface area (Å²) in [7, 11) is 0. The van der Waals surface area contributed by atoms with Crippen molar-refractivity contribution in [2.24, 2.45) is 0 Å². The van der Waals surface area contributed by atoms with Crippen LogP contribution in [0.1, 0.15) is 19.4 Å². The Morgan fingerprint density at radius 2 is 1.86 bits per heavy atom. The molecule has 0 aliphatic rings. The van der Waals surface area contributed by atoms with E-state index >= 15 is 0 Å². The van der Waals surface area contributed by atoms with E-state index < -0.39 is 17.7 Å². The van der Waals surface area contributed by atoms with Crippen LogP contribution in [0.25, 0.3) is 22.1 Å². The van der Waals surface area contributed by atoms with Gasteiger partial charge in [-0.15, -0.1) is 0 Å². The number of aryl methyl sites for hydroxylation is 1. The van der Waals surface area contributed by atoms with Gasteiger partial charge in [-0.2, -0.15) is 0 Å². The minimum Gasteiger partial charge on any atom is -0.479 e. The number of ether oxygens (including phenoxy) is 3. The zero-order chi connectivity index (χ0) is 20.8. The molecule has 0 fully saturated rings. The van der Waals surface area contributed by atoms with Gasteiger partial charge in [0.25, 0.3) is 0 Å². The first-order chi connectivity index (χ1) is 14.0. The summed E-state index contributed by atoms with van der Waals surface area (Å²) in [5.74, 6) is -0.0243. The number of carbonyl (C=O) groups excluding carboxylic acids is 1. The van der Waals surface area contributed by atoms with Crippen LogP contribution in [0.5, 0.6) is 5.75 Å². The first-order valence-electron chi connectivity index (χ1n) is 9.55. The molecule has 152 valence electrons. The standard InChI is InChI=1S/C23H24O6/c1-4-26-12-13-27-23(25)16(3)28-20-11-10-18-19(17-8-6-5-7-9-17)14-21(24)29-22(18)15(20)2/h5-11,14,16H,4,12-13H2,1-3H3/t16-/m1/s1. The molecule has 3 rings (SSSR count). The summed E-state index contributed by atoms with van der Waals surface area (Å²) in [5, 5.41) is 0.799. The van der Waals surface area contributed by atoms with E-state index in [2.05, 4.69) is 0 Å². The largest absolute Gasteiger partial charge is 0.479 e. The van der Waals surface area contributed by atoms with Gasteiger partial charge >= 0.3 is 11.6 Å². The molecule has 0 aliphatic heterocycles. The second-order valence-corrected chi connectivity index (χ2v) is 6.54. The third-order valence-corrected chi connectivity index (χ3v) is 4.51. The maximum Gasteiger partial charge on any atom is 0.347 e. The molecule has 0 saturated carbocycles. The molecule has 0 radical (unpaired) electrons. The maximum atomic E-state index is 12.1. The number of benzene rings is 2.